The van der Waals surface area contributed by atoms with Gasteiger partial charge in [0, 0.05) is 0 Å². The fourth-order valence-corrected chi connectivity index (χ4v) is 3.64. The number of carbonyl (C=O) groups is 1. The average Bonchev–Trinajstić information content (AvgIpc) is 2.87. The van der Waals surface area contributed by atoms with Crippen LogP contribution in [-0.4, -0.2) is 11.1 Å². The summed E-state index contributed by atoms with van der Waals surface area (Å²) in [5.41, 5.74) is 2.58. The van der Waals surface area contributed by atoms with Crippen molar-refractivity contribution in [3.63, 3.8) is 0 Å². The van der Waals surface area contributed by atoms with E-state index in [2.05, 4.69) is 6.07 Å². The summed E-state index contributed by atoms with van der Waals surface area (Å²) in [6.45, 7) is 0. The molecule has 1 saturated carbocycles. The highest BCUT2D eigenvalue weighted by molar-refractivity contribution is 5.78. The van der Waals surface area contributed by atoms with Gasteiger partial charge in [-0.3, -0.25) is 4.79 Å². The Bertz CT molecular complexity index is 430. The fourth-order valence-electron chi connectivity index (χ4n) is 3.64. The summed E-state index contributed by atoms with van der Waals surface area (Å²) in [4.78, 5) is 11.3. The van der Waals surface area contributed by atoms with Crippen LogP contribution >= 0.6 is 0 Å². The predicted octanol–water partition coefficient (Wildman–Crippen LogP) is 3.07. The van der Waals surface area contributed by atoms with Gasteiger partial charge in [-0.2, -0.15) is 0 Å². The number of rotatable bonds is 1. The second kappa shape index (κ2) is 3.34. The van der Waals surface area contributed by atoms with E-state index < -0.39 is 5.97 Å². The molecule has 3 rings (SSSR count). The first-order chi connectivity index (χ1) is 7.73. The summed E-state index contributed by atoms with van der Waals surface area (Å²) < 4.78 is 0. The molecule has 16 heavy (non-hydrogen) atoms. The third kappa shape index (κ3) is 1.22. The lowest BCUT2D eigenvalue weighted by molar-refractivity contribution is -0.139. The Hall–Kier alpha value is -1.31. The van der Waals surface area contributed by atoms with E-state index in [1.165, 1.54) is 31.2 Å². The highest BCUT2D eigenvalue weighted by Gasteiger charge is 2.47. The van der Waals surface area contributed by atoms with Crippen LogP contribution in [0, 0.1) is 0 Å². The molecule has 1 N–H and O–H groups in total. The quantitative estimate of drug-likeness (QED) is 0.783. The molecule has 1 fully saturated rings. The van der Waals surface area contributed by atoms with Crippen LogP contribution in [0.1, 0.15) is 49.1 Å². The Morgan fingerprint density at radius 3 is 2.62 bits per heavy atom. The molecule has 1 spiro atoms. The number of fused-ring (bicyclic) bond motifs is 2. The molecule has 1 aromatic rings. The molecular formula is C14H16O2. The van der Waals surface area contributed by atoms with Crippen LogP contribution in [0.2, 0.25) is 0 Å². The van der Waals surface area contributed by atoms with Crippen molar-refractivity contribution in [2.24, 2.45) is 0 Å². The van der Waals surface area contributed by atoms with E-state index in [0.717, 1.165) is 12.0 Å². The molecule has 0 heterocycles. The Morgan fingerprint density at radius 2 is 1.94 bits per heavy atom. The molecule has 2 nitrogen and oxygen atoms in total. The van der Waals surface area contributed by atoms with Crippen LogP contribution in [0.15, 0.2) is 24.3 Å². The van der Waals surface area contributed by atoms with Crippen LogP contribution in [0.3, 0.4) is 0 Å². The first-order valence-corrected chi connectivity index (χ1v) is 6.05. The molecule has 0 aromatic heterocycles. The van der Waals surface area contributed by atoms with E-state index in [0.29, 0.717) is 0 Å². The molecule has 0 saturated heterocycles. The summed E-state index contributed by atoms with van der Waals surface area (Å²) in [7, 11) is 0. The Morgan fingerprint density at radius 1 is 1.25 bits per heavy atom. The van der Waals surface area contributed by atoms with E-state index in [1.54, 1.807) is 0 Å². The van der Waals surface area contributed by atoms with E-state index in [1.807, 2.05) is 18.2 Å². The van der Waals surface area contributed by atoms with Crippen molar-refractivity contribution in [2.75, 3.05) is 0 Å². The molecule has 1 aromatic carbocycles. The molecule has 0 radical (unpaired) electrons. The standard InChI is InChI=1S/C14H16O2/c15-13(16)11-9-14(7-3-4-8-14)12-6-2-1-5-10(11)12/h1-2,5-6,11H,3-4,7-9H2,(H,15,16). The van der Waals surface area contributed by atoms with Gasteiger partial charge in [-0.25, -0.2) is 0 Å². The number of carboxylic acids is 1. The maximum atomic E-state index is 11.3. The van der Waals surface area contributed by atoms with Gasteiger partial charge in [0.05, 0.1) is 5.92 Å². The lowest BCUT2D eigenvalue weighted by Gasteiger charge is -2.24. The van der Waals surface area contributed by atoms with Gasteiger partial charge in [0.15, 0.2) is 0 Å². The van der Waals surface area contributed by atoms with Crippen LogP contribution in [0.4, 0.5) is 0 Å². The Kier molecular flexibility index (Phi) is 2.06. The molecule has 0 aliphatic heterocycles. The van der Waals surface area contributed by atoms with E-state index >= 15 is 0 Å². The van der Waals surface area contributed by atoms with Gasteiger partial charge in [0.2, 0.25) is 0 Å². The second-order valence-electron chi connectivity index (χ2n) is 5.17. The SMILES string of the molecule is O=C(O)C1CC2(CCCC2)c2ccccc21. The topological polar surface area (TPSA) is 37.3 Å². The summed E-state index contributed by atoms with van der Waals surface area (Å²) in [5, 5.41) is 9.30. The van der Waals surface area contributed by atoms with Crippen LogP contribution in [0.25, 0.3) is 0 Å². The maximum absolute atomic E-state index is 11.3. The number of hydrogen-bond acceptors (Lipinski definition) is 1. The normalized spacial score (nSPS) is 25.9. The second-order valence-corrected chi connectivity index (χ2v) is 5.17. The van der Waals surface area contributed by atoms with Crippen LogP contribution < -0.4 is 0 Å². The lowest BCUT2D eigenvalue weighted by Crippen LogP contribution is -2.19. The van der Waals surface area contributed by atoms with Crippen molar-refractivity contribution >= 4 is 5.97 Å². The van der Waals surface area contributed by atoms with Crippen molar-refractivity contribution in [1.29, 1.82) is 0 Å². The Labute approximate surface area is 95.3 Å². The van der Waals surface area contributed by atoms with Crippen molar-refractivity contribution < 1.29 is 9.90 Å². The van der Waals surface area contributed by atoms with Gasteiger partial charge in [0.25, 0.3) is 0 Å². The summed E-state index contributed by atoms with van der Waals surface area (Å²) >= 11 is 0. The first kappa shape index (κ1) is 9.88. The Balaban J connectivity index is 2.11. The van der Waals surface area contributed by atoms with Gasteiger partial charge in [-0.05, 0) is 35.8 Å². The summed E-state index contributed by atoms with van der Waals surface area (Å²) in [6, 6.07) is 8.15. The van der Waals surface area contributed by atoms with E-state index in [4.69, 9.17) is 0 Å². The maximum Gasteiger partial charge on any atom is 0.311 e. The van der Waals surface area contributed by atoms with Crippen LogP contribution in [0.5, 0.6) is 0 Å². The zero-order valence-electron chi connectivity index (χ0n) is 9.28. The van der Waals surface area contributed by atoms with Crippen LogP contribution in [-0.2, 0) is 10.2 Å². The van der Waals surface area contributed by atoms with Gasteiger partial charge >= 0.3 is 5.97 Å². The zero-order chi connectivity index (χ0) is 11.2. The number of aliphatic carboxylic acids is 1. The van der Waals surface area contributed by atoms with Gasteiger partial charge < -0.3 is 5.11 Å². The third-order valence-electron chi connectivity index (χ3n) is 4.36. The smallest absolute Gasteiger partial charge is 0.311 e. The van der Waals surface area contributed by atoms with Crippen molar-refractivity contribution in [2.45, 2.75) is 43.4 Å². The van der Waals surface area contributed by atoms with Crippen molar-refractivity contribution in [1.82, 2.24) is 0 Å². The first-order valence-electron chi connectivity index (χ1n) is 6.05. The van der Waals surface area contributed by atoms with Gasteiger partial charge in [-0.15, -0.1) is 0 Å². The molecule has 1 unspecified atom stereocenters. The number of carboxylic acid groups (broad SMARTS) is 1. The third-order valence-corrected chi connectivity index (χ3v) is 4.36. The van der Waals surface area contributed by atoms with E-state index in [9.17, 15) is 9.90 Å². The number of benzene rings is 1. The molecule has 2 aliphatic rings. The van der Waals surface area contributed by atoms with Gasteiger partial charge in [0.1, 0.15) is 0 Å². The number of hydrogen-bond donors (Lipinski definition) is 1. The minimum Gasteiger partial charge on any atom is -0.481 e. The molecule has 2 aliphatic carbocycles. The van der Waals surface area contributed by atoms with Crippen molar-refractivity contribution in [3.8, 4) is 0 Å². The summed E-state index contributed by atoms with van der Waals surface area (Å²) in [6.07, 6.45) is 5.67. The molecule has 1 atom stereocenters. The monoisotopic (exact) mass is 216 g/mol. The fraction of sp³-hybridized carbons (Fsp3) is 0.500. The minimum absolute atomic E-state index is 0.194. The summed E-state index contributed by atoms with van der Waals surface area (Å²) in [5.74, 6) is -0.925. The average molecular weight is 216 g/mol. The molecule has 0 bridgehead atoms. The molecule has 2 heteroatoms. The highest BCUT2D eigenvalue weighted by atomic mass is 16.4. The highest BCUT2D eigenvalue weighted by Crippen LogP contribution is 2.54. The van der Waals surface area contributed by atoms with E-state index in [-0.39, 0.29) is 11.3 Å². The van der Waals surface area contributed by atoms with Gasteiger partial charge in [-0.1, -0.05) is 37.1 Å². The zero-order valence-corrected chi connectivity index (χ0v) is 9.28. The molecule has 0 amide bonds. The largest absolute Gasteiger partial charge is 0.481 e. The minimum atomic E-state index is -0.656. The lowest BCUT2D eigenvalue weighted by atomic mass is 9.80. The molecule has 84 valence electrons. The van der Waals surface area contributed by atoms with Crippen molar-refractivity contribution in [3.05, 3.63) is 35.4 Å². The predicted molar refractivity (Wildman–Crippen MR) is 61.6 cm³/mol. The molecular weight excluding hydrogens is 200 g/mol.